The first-order chi connectivity index (χ1) is 16.8. The highest BCUT2D eigenvalue weighted by atomic mass is 32.1. The van der Waals surface area contributed by atoms with Crippen molar-refractivity contribution in [3.63, 3.8) is 0 Å². The highest BCUT2D eigenvalue weighted by Crippen LogP contribution is 2.61. The fourth-order valence-electron chi connectivity index (χ4n) is 6.82. The minimum Gasteiger partial charge on any atom is -0.478 e. The van der Waals surface area contributed by atoms with Gasteiger partial charge in [-0.25, -0.2) is 4.79 Å². The Kier molecular flexibility index (Phi) is 6.84. The zero-order chi connectivity index (χ0) is 24.6. The van der Waals surface area contributed by atoms with E-state index in [1.165, 1.54) is 44.1 Å². The molecule has 4 aliphatic carbocycles. The molecule has 4 bridgehead atoms. The van der Waals surface area contributed by atoms with Crippen LogP contribution in [0.15, 0.2) is 42.5 Å². The van der Waals surface area contributed by atoms with E-state index in [0.717, 1.165) is 34.8 Å². The van der Waals surface area contributed by atoms with Gasteiger partial charge < -0.3 is 24.6 Å². The molecule has 35 heavy (non-hydrogen) atoms. The van der Waals surface area contributed by atoms with Gasteiger partial charge in [-0.3, -0.25) is 0 Å². The Bertz CT molecular complexity index is 1060. The largest absolute Gasteiger partial charge is 0.478 e. The van der Waals surface area contributed by atoms with Crippen molar-refractivity contribution in [1.29, 1.82) is 0 Å². The molecule has 2 aromatic carbocycles. The first-order valence-corrected chi connectivity index (χ1v) is 12.8. The first kappa shape index (κ1) is 24.2. The molecule has 0 aromatic heterocycles. The molecule has 7 heteroatoms. The number of anilines is 1. The van der Waals surface area contributed by atoms with Crippen LogP contribution in [0.5, 0.6) is 5.75 Å². The number of ether oxygens (including phenoxy) is 3. The molecule has 0 aliphatic heterocycles. The van der Waals surface area contributed by atoms with Crippen molar-refractivity contribution in [2.24, 2.45) is 17.8 Å². The molecule has 1 unspecified atom stereocenters. The van der Waals surface area contributed by atoms with Crippen molar-refractivity contribution in [2.45, 2.75) is 57.2 Å². The number of rotatable bonds is 9. The lowest BCUT2D eigenvalue weighted by molar-refractivity contribution is -0.150. The van der Waals surface area contributed by atoms with E-state index in [2.05, 4.69) is 17.4 Å². The summed E-state index contributed by atoms with van der Waals surface area (Å²) in [5.74, 6) is 2.37. The molecule has 6 rings (SSSR count). The van der Waals surface area contributed by atoms with Gasteiger partial charge in [0.2, 0.25) is 0 Å². The molecular formula is C28H33NO5S. The highest BCUT2D eigenvalue weighted by molar-refractivity contribution is 7.81. The second-order valence-electron chi connectivity index (χ2n) is 10.5. The van der Waals surface area contributed by atoms with Crippen molar-refractivity contribution in [3.05, 3.63) is 59.2 Å². The maximum absolute atomic E-state index is 11.1. The van der Waals surface area contributed by atoms with E-state index >= 15 is 0 Å². The summed E-state index contributed by atoms with van der Waals surface area (Å²) in [6, 6.07) is 12.9. The van der Waals surface area contributed by atoms with Crippen LogP contribution in [-0.4, -0.2) is 36.3 Å². The van der Waals surface area contributed by atoms with Gasteiger partial charge in [0.1, 0.15) is 10.7 Å². The van der Waals surface area contributed by atoms with Gasteiger partial charge in [0.15, 0.2) is 13.1 Å². The van der Waals surface area contributed by atoms with Crippen LogP contribution in [0.1, 0.15) is 66.9 Å². The normalized spacial score (nSPS) is 27.4. The van der Waals surface area contributed by atoms with Crippen LogP contribution in [0, 0.1) is 17.8 Å². The van der Waals surface area contributed by atoms with Crippen LogP contribution < -0.4 is 10.1 Å². The van der Waals surface area contributed by atoms with Gasteiger partial charge in [0.05, 0.1) is 5.56 Å². The van der Waals surface area contributed by atoms with E-state index < -0.39 is 5.97 Å². The molecule has 186 valence electrons. The number of benzene rings is 2. The Morgan fingerprint density at radius 3 is 2.23 bits per heavy atom. The number of hydrogen-bond donors (Lipinski definition) is 2. The number of hydrogen-bond acceptors (Lipinski definition) is 5. The van der Waals surface area contributed by atoms with Gasteiger partial charge in [-0.2, -0.15) is 0 Å². The van der Waals surface area contributed by atoms with Crippen molar-refractivity contribution >= 4 is 28.9 Å². The van der Waals surface area contributed by atoms with Crippen molar-refractivity contribution < 1.29 is 24.1 Å². The van der Waals surface area contributed by atoms with Gasteiger partial charge in [-0.15, -0.1) is 0 Å². The van der Waals surface area contributed by atoms with Crippen LogP contribution in [0.3, 0.4) is 0 Å². The molecule has 4 fully saturated rings. The maximum Gasteiger partial charge on any atom is 0.335 e. The van der Waals surface area contributed by atoms with E-state index in [1.54, 1.807) is 31.4 Å². The van der Waals surface area contributed by atoms with Crippen molar-refractivity contribution in [2.75, 3.05) is 19.2 Å². The average Bonchev–Trinajstić information content (AvgIpc) is 2.83. The molecule has 1 atom stereocenters. The minimum atomic E-state index is -0.953. The second kappa shape index (κ2) is 9.88. The zero-order valence-electron chi connectivity index (χ0n) is 20.3. The fourth-order valence-corrected chi connectivity index (χ4v) is 7.07. The lowest BCUT2D eigenvalue weighted by atomic mass is 9.48. The third-order valence-electron chi connectivity index (χ3n) is 8.09. The summed E-state index contributed by atoms with van der Waals surface area (Å²) in [4.78, 5) is 11.7. The quantitative estimate of drug-likeness (QED) is 0.327. The monoisotopic (exact) mass is 495 g/mol. The summed E-state index contributed by atoms with van der Waals surface area (Å²) < 4.78 is 17.1. The summed E-state index contributed by atoms with van der Waals surface area (Å²) in [5.41, 5.74) is 3.29. The number of methoxy groups -OCH3 is 1. The average molecular weight is 496 g/mol. The molecule has 4 aliphatic rings. The molecule has 0 radical (unpaired) electrons. The van der Waals surface area contributed by atoms with E-state index in [9.17, 15) is 4.79 Å². The Labute approximate surface area is 212 Å². The van der Waals surface area contributed by atoms with Gasteiger partial charge in [0, 0.05) is 23.9 Å². The topological polar surface area (TPSA) is 77.0 Å². The van der Waals surface area contributed by atoms with Crippen LogP contribution >= 0.6 is 12.2 Å². The number of carbonyl (C=O) groups is 1. The van der Waals surface area contributed by atoms with Crippen LogP contribution in [0.2, 0.25) is 0 Å². The number of thiocarbonyl (C=S) groups is 1. The third-order valence-corrected chi connectivity index (χ3v) is 8.43. The maximum atomic E-state index is 11.1. The Morgan fingerprint density at radius 1 is 1.06 bits per heavy atom. The van der Waals surface area contributed by atoms with Gasteiger partial charge in [0.25, 0.3) is 0 Å². The van der Waals surface area contributed by atoms with E-state index in [1.807, 2.05) is 13.0 Å². The molecule has 0 saturated heterocycles. The molecule has 0 amide bonds. The predicted molar refractivity (Wildman–Crippen MR) is 138 cm³/mol. The lowest BCUT2D eigenvalue weighted by Crippen LogP contribution is -2.48. The number of nitrogens with one attached hydrogen (secondary N) is 1. The first-order valence-electron chi connectivity index (χ1n) is 12.4. The number of carboxylic acids is 1. The van der Waals surface area contributed by atoms with Crippen LogP contribution in [0.25, 0.3) is 0 Å². The van der Waals surface area contributed by atoms with Crippen LogP contribution in [-0.2, 0) is 14.9 Å². The Hall–Kier alpha value is -2.48. The fraction of sp³-hybridized carbons (Fsp3) is 0.500. The van der Waals surface area contributed by atoms with Gasteiger partial charge in [-0.05, 0) is 98.9 Å². The smallest absolute Gasteiger partial charge is 0.335 e. The van der Waals surface area contributed by atoms with E-state index in [4.69, 9.17) is 31.5 Å². The number of carboxylic acid groups (broad SMARTS) is 1. The zero-order valence-corrected chi connectivity index (χ0v) is 21.1. The van der Waals surface area contributed by atoms with E-state index in [-0.39, 0.29) is 24.1 Å². The second-order valence-corrected chi connectivity index (χ2v) is 10.9. The predicted octanol–water partition coefficient (Wildman–Crippen LogP) is 5.99. The summed E-state index contributed by atoms with van der Waals surface area (Å²) >= 11 is 5.70. The minimum absolute atomic E-state index is 0.106. The molecule has 2 aromatic rings. The lowest BCUT2D eigenvalue weighted by Gasteiger charge is -2.57. The third kappa shape index (κ3) is 5.08. The van der Waals surface area contributed by atoms with E-state index in [0.29, 0.717) is 4.99 Å². The van der Waals surface area contributed by atoms with Gasteiger partial charge in [-0.1, -0.05) is 24.4 Å². The van der Waals surface area contributed by atoms with Gasteiger partial charge >= 0.3 is 5.97 Å². The number of aromatic carboxylic acids is 1. The molecular weight excluding hydrogens is 462 g/mol. The molecule has 4 saturated carbocycles. The van der Waals surface area contributed by atoms with Crippen LogP contribution in [0.4, 0.5) is 5.69 Å². The summed E-state index contributed by atoms with van der Waals surface area (Å²) in [6.07, 6.45) is 7.52. The van der Waals surface area contributed by atoms with Crippen molar-refractivity contribution in [3.8, 4) is 5.75 Å². The molecule has 2 N–H and O–H groups in total. The Morgan fingerprint density at radius 2 is 1.66 bits per heavy atom. The Balaban J connectivity index is 1.40. The summed E-state index contributed by atoms with van der Waals surface area (Å²) in [7, 11) is 1.61. The highest BCUT2D eigenvalue weighted by Gasteiger charge is 2.52. The summed E-state index contributed by atoms with van der Waals surface area (Å²) in [6.45, 7) is 1.95. The molecule has 6 nitrogen and oxygen atoms in total. The standard InChI is InChI=1S/C28H33NO5S/c1-17(32-2)33-16-34-25-12-22(26(35)29-23-6-3-21(4-7-23)27(30)31)5-8-24(25)28-13-18-9-19(14-28)11-20(10-18)15-28/h3-8,12,17-20H,9-11,13-16H2,1-2H3,(H,29,35)(H,30,31). The summed E-state index contributed by atoms with van der Waals surface area (Å²) in [5, 5.41) is 12.3. The van der Waals surface area contributed by atoms with Crippen molar-refractivity contribution in [1.82, 2.24) is 0 Å². The SMILES string of the molecule is COC(C)OCOc1cc(C(=S)Nc2ccc(C(=O)O)cc2)ccc1C12CC3CC(CC(C3)C1)C2. The molecule has 0 spiro atoms. The molecule has 0 heterocycles.